The maximum absolute atomic E-state index is 12.7. The van der Waals surface area contributed by atoms with Gasteiger partial charge in [0.25, 0.3) is 0 Å². The van der Waals surface area contributed by atoms with E-state index in [2.05, 4.69) is 20.9 Å². The number of hydrogen-bond acceptors (Lipinski definition) is 5. The van der Waals surface area contributed by atoms with E-state index in [0.717, 1.165) is 22.9 Å². The smallest absolute Gasteiger partial charge is 0.341 e. The molecule has 6 heteroatoms. The van der Waals surface area contributed by atoms with E-state index < -0.39 is 5.60 Å². The van der Waals surface area contributed by atoms with E-state index in [1.165, 1.54) is 0 Å². The van der Waals surface area contributed by atoms with E-state index >= 15 is 0 Å². The number of aromatic nitrogens is 1. The molecule has 0 saturated carbocycles. The number of carbonyl (C=O) groups is 1. The third kappa shape index (κ3) is 3.49. The number of halogens is 1. The monoisotopic (exact) mass is 395 g/mol. The Labute approximate surface area is 149 Å². The van der Waals surface area contributed by atoms with Gasteiger partial charge in [0.2, 0.25) is 0 Å². The number of carbonyl (C=O) groups excluding carboxylic acids is 1. The van der Waals surface area contributed by atoms with E-state index in [0.29, 0.717) is 35.8 Å². The molecule has 2 heterocycles. The van der Waals surface area contributed by atoms with E-state index in [4.69, 9.17) is 13.9 Å². The Morgan fingerprint density at radius 1 is 1.33 bits per heavy atom. The topological polar surface area (TPSA) is 61.6 Å². The summed E-state index contributed by atoms with van der Waals surface area (Å²) in [6, 6.07) is 1.87. The first kappa shape index (κ1) is 17.4. The second kappa shape index (κ2) is 6.48. The number of fused-ring (bicyclic) bond motifs is 1. The highest BCUT2D eigenvalue weighted by Crippen LogP contribution is 2.34. The van der Waals surface area contributed by atoms with Crippen molar-refractivity contribution in [3.8, 4) is 0 Å². The molecule has 130 valence electrons. The van der Waals surface area contributed by atoms with Gasteiger partial charge in [0.15, 0.2) is 11.5 Å². The van der Waals surface area contributed by atoms with Gasteiger partial charge < -0.3 is 13.9 Å². The largest absolute Gasteiger partial charge is 0.456 e. The molecule has 0 amide bonds. The Morgan fingerprint density at radius 2 is 2.00 bits per heavy atom. The first-order chi connectivity index (χ1) is 11.3. The molecule has 2 aromatic rings. The minimum Gasteiger partial charge on any atom is -0.456 e. The minimum atomic E-state index is -0.564. The number of ether oxygens (including phenoxy) is 2. The summed E-state index contributed by atoms with van der Waals surface area (Å²) in [5.74, 6) is 0.533. The zero-order valence-corrected chi connectivity index (χ0v) is 16.0. The van der Waals surface area contributed by atoms with Crippen molar-refractivity contribution in [2.75, 3.05) is 13.2 Å². The molecule has 0 radical (unpaired) electrons. The van der Waals surface area contributed by atoms with E-state index in [9.17, 15) is 4.79 Å². The van der Waals surface area contributed by atoms with Crippen molar-refractivity contribution in [1.82, 2.24) is 4.98 Å². The van der Waals surface area contributed by atoms with Crippen molar-refractivity contribution in [1.29, 1.82) is 0 Å². The number of esters is 1. The van der Waals surface area contributed by atoms with Gasteiger partial charge in [-0.25, -0.2) is 9.78 Å². The fraction of sp³-hybridized carbons (Fsp3) is 0.556. The van der Waals surface area contributed by atoms with Gasteiger partial charge in [-0.3, -0.25) is 0 Å². The number of oxazole rings is 1. The summed E-state index contributed by atoms with van der Waals surface area (Å²) < 4.78 is 17.7. The number of rotatable bonds is 2. The molecule has 3 rings (SSSR count). The van der Waals surface area contributed by atoms with Gasteiger partial charge in [0.1, 0.15) is 11.1 Å². The highest BCUT2D eigenvalue weighted by atomic mass is 79.9. The third-order valence-corrected chi connectivity index (χ3v) is 4.89. The lowest BCUT2D eigenvalue weighted by Gasteiger charge is -2.20. The molecule has 1 fully saturated rings. The molecule has 0 aliphatic carbocycles. The van der Waals surface area contributed by atoms with Crippen LogP contribution in [0.2, 0.25) is 0 Å². The standard InChI is InChI=1S/C18H22BrNO4/c1-10-12(19)9-13-15(14(10)17(21)24-18(2,3)4)20-16(23-13)11-5-7-22-8-6-11/h9,11H,5-8H2,1-4H3. The summed E-state index contributed by atoms with van der Waals surface area (Å²) in [6.45, 7) is 8.87. The quantitative estimate of drug-likeness (QED) is 0.686. The van der Waals surface area contributed by atoms with Crippen molar-refractivity contribution >= 4 is 33.0 Å². The van der Waals surface area contributed by atoms with Gasteiger partial charge in [-0.1, -0.05) is 15.9 Å². The van der Waals surface area contributed by atoms with Crippen LogP contribution in [0.1, 0.15) is 61.3 Å². The van der Waals surface area contributed by atoms with E-state index in [1.807, 2.05) is 33.8 Å². The van der Waals surface area contributed by atoms with Crippen LogP contribution in [0.15, 0.2) is 15.0 Å². The summed E-state index contributed by atoms with van der Waals surface area (Å²) in [5, 5.41) is 0. The van der Waals surface area contributed by atoms with Crippen molar-refractivity contribution in [3.63, 3.8) is 0 Å². The fourth-order valence-electron chi connectivity index (χ4n) is 2.84. The lowest BCUT2D eigenvalue weighted by molar-refractivity contribution is 0.00707. The molecule has 1 saturated heterocycles. The van der Waals surface area contributed by atoms with Crippen LogP contribution in [-0.4, -0.2) is 29.8 Å². The zero-order valence-electron chi connectivity index (χ0n) is 14.4. The third-order valence-electron chi connectivity index (χ3n) is 4.07. The Kier molecular flexibility index (Phi) is 4.71. The lowest BCUT2D eigenvalue weighted by atomic mass is 10.0. The van der Waals surface area contributed by atoms with Crippen LogP contribution >= 0.6 is 15.9 Å². The summed E-state index contributed by atoms with van der Waals surface area (Å²) in [6.07, 6.45) is 1.77. The van der Waals surface area contributed by atoms with Crippen LogP contribution in [-0.2, 0) is 9.47 Å². The Hall–Kier alpha value is -1.40. The maximum atomic E-state index is 12.7. The summed E-state index contributed by atoms with van der Waals surface area (Å²) in [4.78, 5) is 17.3. The molecule has 0 bridgehead atoms. The highest BCUT2D eigenvalue weighted by Gasteiger charge is 2.27. The van der Waals surface area contributed by atoms with E-state index in [1.54, 1.807) is 0 Å². The SMILES string of the molecule is Cc1c(Br)cc2oc(C3CCOCC3)nc2c1C(=O)OC(C)(C)C. The summed E-state index contributed by atoms with van der Waals surface area (Å²) in [5.41, 5.74) is 1.90. The van der Waals surface area contributed by atoms with Crippen molar-refractivity contribution in [2.45, 2.75) is 52.1 Å². The molecule has 1 aliphatic rings. The predicted molar refractivity (Wildman–Crippen MR) is 94.4 cm³/mol. The predicted octanol–water partition coefficient (Wildman–Crippen LogP) is 4.75. The summed E-state index contributed by atoms with van der Waals surface area (Å²) in [7, 11) is 0. The normalized spacial score (nSPS) is 16.5. The first-order valence-electron chi connectivity index (χ1n) is 8.17. The lowest BCUT2D eigenvalue weighted by Crippen LogP contribution is -2.24. The summed E-state index contributed by atoms with van der Waals surface area (Å²) >= 11 is 3.50. The highest BCUT2D eigenvalue weighted by molar-refractivity contribution is 9.10. The average Bonchev–Trinajstić information content (AvgIpc) is 2.90. The van der Waals surface area contributed by atoms with Crippen LogP contribution in [0.3, 0.4) is 0 Å². The molecular formula is C18H22BrNO4. The Balaban J connectivity index is 2.07. The number of benzene rings is 1. The molecule has 1 aliphatic heterocycles. The van der Waals surface area contributed by atoms with Crippen molar-refractivity contribution in [2.24, 2.45) is 0 Å². The second-order valence-electron chi connectivity index (χ2n) is 7.15. The van der Waals surface area contributed by atoms with Crippen molar-refractivity contribution < 1.29 is 18.7 Å². The number of nitrogens with zero attached hydrogens (tertiary/aromatic N) is 1. The van der Waals surface area contributed by atoms with E-state index in [-0.39, 0.29) is 11.9 Å². The van der Waals surface area contributed by atoms with Crippen LogP contribution in [0, 0.1) is 6.92 Å². The van der Waals surface area contributed by atoms with Crippen LogP contribution < -0.4 is 0 Å². The fourth-order valence-corrected chi connectivity index (χ4v) is 3.25. The Morgan fingerprint density at radius 3 is 2.62 bits per heavy atom. The molecule has 0 atom stereocenters. The average molecular weight is 396 g/mol. The van der Waals surface area contributed by atoms with Crippen LogP contribution in [0.5, 0.6) is 0 Å². The van der Waals surface area contributed by atoms with Gasteiger partial charge in [0, 0.05) is 23.6 Å². The van der Waals surface area contributed by atoms with Gasteiger partial charge >= 0.3 is 5.97 Å². The molecule has 1 aromatic carbocycles. The van der Waals surface area contributed by atoms with Gasteiger partial charge in [-0.05, 0) is 52.2 Å². The van der Waals surface area contributed by atoms with Crippen LogP contribution in [0.4, 0.5) is 0 Å². The molecule has 0 spiro atoms. The second-order valence-corrected chi connectivity index (χ2v) is 8.00. The van der Waals surface area contributed by atoms with Gasteiger partial charge in [-0.15, -0.1) is 0 Å². The number of hydrogen-bond donors (Lipinski definition) is 0. The van der Waals surface area contributed by atoms with Gasteiger partial charge in [-0.2, -0.15) is 0 Å². The van der Waals surface area contributed by atoms with Crippen molar-refractivity contribution in [3.05, 3.63) is 27.6 Å². The zero-order chi connectivity index (χ0) is 17.5. The molecular weight excluding hydrogens is 374 g/mol. The Bertz CT molecular complexity index is 769. The maximum Gasteiger partial charge on any atom is 0.341 e. The minimum absolute atomic E-state index is 0.233. The van der Waals surface area contributed by atoms with Gasteiger partial charge in [0.05, 0.1) is 5.56 Å². The van der Waals surface area contributed by atoms with Crippen LogP contribution in [0.25, 0.3) is 11.1 Å². The molecule has 5 nitrogen and oxygen atoms in total. The molecule has 0 N–H and O–H groups in total. The molecule has 24 heavy (non-hydrogen) atoms. The molecule has 1 aromatic heterocycles. The first-order valence-corrected chi connectivity index (χ1v) is 8.96. The molecule has 0 unspecified atom stereocenters.